The van der Waals surface area contributed by atoms with Crippen molar-refractivity contribution in [2.24, 2.45) is 0 Å². The van der Waals surface area contributed by atoms with Gasteiger partial charge in [-0.2, -0.15) is 0 Å². The topological polar surface area (TPSA) is 92.5 Å². The minimum Gasteiger partial charge on any atom is -0.397 e. The number of nitrogen functional groups attached to an aromatic ring is 1. The predicted molar refractivity (Wildman–Crippen MR) is 75.6 cm³/mol. The van der Waals surface area contributed by atoms with Crippen molar-refractivity contribution in [1.82, 2.24) is 9.62 Å². The zero-order chi connectivity index (χ0) is 14.0. The molecule has 1 aromatic rings. The Balaban J connectivity index is 1.90. The number of rotatable bonds is 3. The summed E-state index contributed by atoms with van der Waals surface area (Å²) in [5, 5.41) is 4.68. The van der Waals surface area contributed by atoms with Gasteiger partial charge in [0.2, 0.25) is 10.0 Å². The molecule has 19 heavy (non-hydrogen) atoms. The van der Waals surface area contributed by atoms with Crippen molar-refractivity contribution in [3.05, 3.63) is 16.3 Å². The van der Waals surface area contributed by atoms with Crippen LogP contribution in [0.5, 0.6) is 0 Å². The number of anilines is 1. The second-order valence-corrected chi connectivity index (χ2v) is 7.51. The summed E-state index contributed by atoms with van der Waals surface area (Å²) in [7, 11) is -3.13. The first-order chi connectivity index (χ1) is 8.88. The fraction of sp³-hybridized carbons (Fsp3) is 0.545. The molecule has 6 nitrogen and oxygen atoms in total. The smallest absolute Gasteiger partial charge is 0.263 e. The van der Waals surface area contributed by atoms with E-state index in [0.717, 1.165) is 0 Å². The van der Waals surface area contributed by atoms with Crippen LogP contribution in [-0.2, 0) is 10.0 Å². The molecule has 1 aliphatic heterocycles. The summed E-state index contributed by atoms with van der Waals surface area (Å²) in [6, 6.07) is 1.71. The molecule has 1 saturated heterocycles. The van der Waals surface area contributed by atoms with Gasteiger partial charge in [-0.1, -0.05) is 0 Å². The van der Waals surface area contributed by atoms with Crippen LogP contribution in [0.3, 0.4) is 0 Å². The number of amides is 1. The molecule has 1 aliphatic rings. The van der Waals surface area contributed by atoms with Gasteiger partial charge in [0.1, 0.15) is 4.88 Å². The molecule has 2 heterocycles. The minimum absolute atomic E-state index is 0.00648. The van der Waals surface area contributed by atoms with Gasteiger partial charge in [0.05, 0.1) is 11.9 Å². The Hall–Kier alpha value is -1.12. The Morgan fingerprint density at radius 2 is 2.11 bits per heavy atom. The van der Waals surface area contributed by atoms with E-state index in [1.807, 2.05) is 0 Å². The van der Waals surface area contributed by atoms with Crippen molar-refractivity contribution >= 4 is 33.0 Å². The lowest BCUT2D eigenvalue weighted by molar-refractivity contribution is 0.0929. The van der Waals surface area contributed by atoms with Crippen LogP contribution in [0.2, 0.25) is 0 Å². The first-order valence-electron chi connectivity index (χ1n) is 5.97. The molecule has 0 atom stereocenters. The van der Waals surface area contributed by atoms with Crippen LogP contribution in [0.1, 0.15) is 22.5 Å². The maximum absolute atomic E-state index is 12.0. The van der Waals surface area contributed by atoms with Crippen LogP contribution in [0.25, 0.3) is 0 Å². The van der Waals surface area contributed by atoms with Gasteiger partial charge in [0.25, 0.3) is 5.91 Å². The van der Waals surface area contributed by atoms with Crippen molar-refractivity contribution in [2.45, 2.75) is 18.9 Å². The monoisotopic (exact) mass is 303 g/mol. The third kappa shape index (κ3) is 3.46. The highest BCUT2D eigenvalue weighted by Gasteiger charge is 2.26. The number of nitrogens with zero attached hydrogens (tertiary/aromatic N) is 1. The molecule has 1 amide bonds. The summed E-state index contributed by atoms with van der Waals surface area (Å²) in [6.45, 7) is 0.896. The van der Waals surface area contributed by atoms with Crippen LogP contribution in [0.4, 0.5) is 5.69 Å². The second-order valence-electron chi connectivity index (χ2n) is 4.61. The zero-order valence-electron chi connectivity index (χ0n) is 10.6. The summed E-state index contributed by atoms with van der Waals surface area (Å²) in [6.07, 6.45) is 2.46. The highest BCUT2D eigenvalue weighted by Crippen LogP contribution is 2.20. The first kappa shape index (κ1) is 14.3. The Kier molecular flexibility index (Phi) is 4.12. The van der Waals surface area contributed by atoms with Gasteiger partial charge < -0.3 is 11.1 Å². The Labute approximate surface area is 116 Å². The van der Waals surface area contributed by atoms with Gasteiger partial charge in [-0.3, -0.25) is 4.79 Å². The third-order valence-corrected chi connectivity index (χ3v) is 5.39. The number of nitrogens with two attached hydrogens (primary N) is 1. The number of piperidine rings is 1. The number of carbonyl (C=O) groups excluding carboxylic acids is 1. The average Bonchev–Trinajstić information content (AvgIpc) is 2.75. The summed E-state index contributed by atoms with van der Waals surface area (Å²) in [4.78, 5) is 12.5. The predicted octanol–water partition coefficient (Wildman–Crippen LogP) is 0.484. The van der Waals surface area contributed by atoms with Crippen LogP contribution < -0.4 is 11.1 Å². The van der Waals surface area contributed by atoms with E-state index in [0.29, 0.717) is 36.5 Å². The standard InChI is InChI=1S/C11H17N3O3S2/c1-19(16,17)14-5-2-8(3-6-14)13-11(15)10-9(12)4-7-18-10/h4,7-8H,2-3,5-6,12H2,1H3,(H,13,15). The van der Waals surface area contributed by atoms with Gasteiger partial charge in [0.15, 0.2) is 0 Å². The number of nitrogens with one attached hydrogen (secondary N) is 1. The van der Waals surface area contributed by atoms with Crippen molar-refractivity contribution in [3.63, 3.8) is 0 Å². The molecule has 0 bridgehead atoms. The fourth-order valence-electron chi connectivity index (χ4n) is 2.09. The highest BCUT2D eigenvalue weighted by atomic mass is 32.2. The van der Waals surface area contributed by atoms with E-state index >= 15 is 0 Å². The lowest BCUT2D eigenvalue weighted by atomic mass is 10.1. The molecule has 3 N–H and O–H groups in total. The van der Waals surface area contributed by atoms with Crippen LogP contribution in [-0.4, -0.2) is 44.0 Å². The Morgan fingerprint density at radius 1 is 1.47 bits per heavy atom. The molecule has 106 valence electrons. The molecule has 0 radical (unpaired) electrons. The number of hydrogen-bond acceptors (Lipinski definition) is 5. The van der Waals surface area contributed by atoms with Crippen molar-refractivity contribution in [2.75, 3.05) is 25.1 Å². The van der Waals surface area contributed by atoms with E-state index in [4.69, 9.17) is 5.73 Å². The Morgan fingerprint density at radius 3 is 2.58 bits per heavy atom. The van der Waals surface area contributed by atoms with Crippen LogP contribution >= 0.6 is 11.3 Å². The molecule has 1 fully saturated rings. The molecule has 0 saturated carbocycles. The van der Waals surface area contributed by atoms with Gasteiger partial charge in [0, 0.05) is 19.1 Å². The van der Waals surface area contributed by atoms with E-state index in [2.05, 4.69) is 5.32 Å². The number of carbonyl (C=O) groups is 1. The normalized spacial score (nSPS) is 18.4. The molecule has 0 spiro atoms. The van der Waals surface area contributed by atoms with Crippen LogP contribution in [0.15, 0.2) is 11.4 Å². The SMILES string of the molecule is CS(=O)(=O)N1CCC(NC(=O)c2sccc2N)CC1. The zero-order valence-corrected chi connectivity index (χ0v) is 12.3. The summed E-state index contributed by atoms with van der Waals surface area (Å²) in [5.41, 5.74) is 6.17. The van der Waals surface area contributed by atoms with Gasteiger partial charge >= 0.3 is 0 Å². The number of hydrogen-bond donors (Lipinski definition) is 2. The van der Waals surface area contributed by atoms with Gasteiger partial charge in [-0.05, 0) is 24.3 Å². The second kappa shape index (κ2) is 5.48. The van der Waals surface area contributed by atoms with Crippen molar-refractivity contribution < 1.29 is 13.2 Å². The van der Waals surface area contributed by atoms with Crippen molar-refractivity contribution in [3.8, 4) is 0 Å². The quantitative estimate of drug-likeness (QED) is 0.849. The molecular weight excluding hydrogens is 286 g/mol. The molecular formula is C11H17N3O3S2. The maximum atomic E-state index is 12.0. The largest absolute Gasteiger partial charge is 0.397 e. The molecule has 8 heteroatoms. The van der Waals surface area contributed by atoms with Crippen molar-refractivity contribution in [1.29, 1.82) is 0 Å². The maximum Gasteiger partial charge on any atom is 0.263 e. The van der Waals surface area contributed by atoms with E-state index in [-0.39, 0.29) is 11.9 Å². The average molecular weight is 303 g/mol. The Bertz CT molecular complexity index is 559. The van der Waals surface area contributed by atoms with Gasteiger partial charge in [-0.25, -0.2) is 12.7 Å². The number of thiophene rings is 1. The molecule has 0 aromatic carbocycles. The van der Waals surface area contributed by atoms with E-state index in [9.17, 15) is 13.2 Å². The summed E-state index contributed by atoms with van der Waals surface area (Å²) < 4.78 is 24.2. The minimum atomic E-state index is -3.13. The first-order valence-corrected chi connectivity index (χ1v) is 8.69. The van der Waals surface area contributed by atoms with E-state index in [1.54, 1.807) is 11.4 Å². The van der Waals surface area contributed by atoms with E-state index < -0.39 is 10.0 Å². The molecule has 2 rings (SSSR count). The summed E-state index contributed by atoms with van der Waals surface area (Å²) in [5.74, 6) is -0.176. The fourth-order valence-corrected chi connectivity index (χ4v) is 3.68. The summed E-state index contributed by atoms with van der Waals surface area (Å²) >= 11 is 1.31. The highest BCUT2D eigenvalue weighted by molar-refractivity contribution is 7.88. The molecule has 0 unspecified atom stereocenters. The van der Waals surface area contributed by atoms with Gasteiger partial charge in [-0.15, -0.1) is 11.3 Å². The molecule has 0 aliphatic carbocycles. The third-order valence-electron chi connectivity index (χ3n) is 3.16. The van der Waals surface area contributed by atoms with Crippen LogP contribution in [0, 0.1) is 0 Å². The lowest BCUT2D eigenvalue weighted by Gasteiger charge is -2.30. The number of sulfonamides is 1. The molecule has 1 aromatic heterocycles. The van der Waals surface area contributed by atoms with E-state index in [1.165, 1.54) is 21.9 Å². The lowest BCUT2D eigenvalue weighted by Crippen LogP contribution is -2.46.